The van der Waals surface area contributed by atoms with Gasteiger partial charge in [-0.2, -0.15) is 0 Å². The summed E-state index contributed by atoms with van der Waals surface area (Å²) in [5, 5.41) is 15.6. The molecule has 1 aromatic carbocycles. The third kappa shape index (κ3) is 5.64. The number of ketones is 1. The van der Waals surface area contributed by atoms with Gasteiger partial charge in [-0.25, -0.2) is 4.39 Å². The van der Waals surface area contributed by atoms with Crippen LogP contribution in [0.4, 0.5) is 10.1 Å². The molecule has 0 aliphatic heterocycles. The number of aliphatic hydroxyl groups is 1. The van der Waals surface area contributed by atoms with Crippen molar-refractivity contribution in [3.8, 4) is 0 Å². The van der Waals surface area contributed by atoms with Gasteiger partial charge in [0.1, 0.15) is 5.82 Å². The van der Waals surface area contributed by atoms with Gasteiger partial charge in [0.25, 0.3) is 17.6 Å². The van der Waals surface area contributed by atoms with Gasteiger partial charge in [0.15, 0.2) is 0 Å². The lowest BCUT2D eigenvalue weighted by atomic mass is 9.82. The lowest BCUT2D eigenvalue weighted by Gasteiger charge is -2.36. The summed E-state index contributed by atoms with van der Waals surface area (Å²) in [7, 11) is 1.76. The molecule has 37 heavy (non-hydrogen) atoms. The Morgan fingerprint density at radius 2 is 1.70 bits per heavy atom. The number of halogens is 1. The van der Waals surface area contributed by atoms with Crippen LogP contribution in [0, 0.1) is 19.7 Å². The van der Waals surface area contributed by atoms with Crippen molar-refractivity contribution in [3.63, 3.8) is 0 Å². The highest BCUT2D eigenvalue weighted by molar-refractivity contribution is 6.43. The average molecular weight is 512 g/mol. The zero-order valence-corrected chi connectivity index (χ0v) is 22.2. The maximum absolute atomic E-state index is 13.8. The second kappa shape index (κ2) is 10.8. The minimum absolute atomic E-state index is 0.107. The molecule has 8 heteroatoms. The van der Waals surface area contributed by atoms with E-state index in [1.807, 2.05) is 6.92 Å². The Bertz CT molecular complexity index is 1200. The van der Waals surface area contributed by atoms with Crippen LogP contribution in [0.2, 0.25) is 0 Å². The zero-order chi connectivity index (χ0) is 26.9. The predicted octanol–water partition coefficient (Wildman–Crippen LogP) is 5.07. The van der Waals surface area contributed by atoms with Gasteiger partial charge in [-0.3, -0.25) is 14.4 Å². The van der Waals surface area contributed by atoms with Crippen molar-refractivity contribution in [2.24, 2.45) is 7.05 Å². The van der Waals surface area contributed by atoms with Crippen molar-refractivity contribution >= 4 is 23.3 Å². The molecule has 0 bridgehead atoms. The van der Waals surface area contributed by atoms with Crippen LogP contribution in [-0.2, 0) is 11.8 Å². The summed E-state index contributed by atoms with van der Waals surface area (Å²) in [6.07, 6.45) is 7.01. The van der Waals surface area contributed by atoms with Gasteiger partial charge in [0, 0.05) is 29.9 Å². The first kappa shape index (κ1) is 27.0. The van der Waals surface area contributed by atoms with Crippen LogP contribution in [0.15, 0.2) is 18.2 Å². The van der Waals surface area contributed by atoms with Crippen molar-refractivity contribution < 1.29 is 23.9 Å². The molecule has 0 saturated heterocycles. The highest BCUT2D eigenvalue weighted by Crippen LogP contribution is 2.38. The van der Waals surface area contributed by atoms with E-state index < -0.39 is 17.2 Å². The van der Waals surface area contributed by atoms with Crippen molar-refractivity contribution in [1.82, 2.24) is 9.88 Å². The normalized spacial score (nSPS) is 22.5. The molecule has 0 unspecified atom stereocenters. The molecule has 200 valence electrons. The Kier molecular flexibility index (Phi) is 7.88. The van der Waals surface area contributed by atoms with E-state index in [0.717, 1.165) is 37.8 Å². The Hall–Kier alpha value is -3.00. The maximum atomic E-state index is 13.8. The Morgan fingerprint density at radius 3 is 2.32 bits per heavy atom. The van der Waals surface area contributed by atoms with E-state index >= 15 is 0 Å². The average Bonchev–Trinajstić information content (AvgIpc) is 3.13. The van der Waals surface area contributed by atoms with Crippen molar-refractivity contribution in [3.05, 3.63) is 52.1 Å². The van der Waals surface area contributed by atoms with E-state index in [4.69, 9.17) is 0 Å². The highest BCUT2D eigenvalue weighted by Gasteiger charge is 2.37. The summed E-state index contributed by atoms with van der Waals surface area (Å²) < 4.78 is 15.5. The number of amides is 2. The fraction of sp³-hybridized carbons (Fsp3) is 0.552. The van der Waals surface area contributed by atoms with Crippen LogP contribution in [0.25, 0.3) is 0 Å². The van der Waals surface area contributed by atoms with Crippen molar-refractivity contribution in [2.45, 2.75) is 96.1 Å². The Labute approximate surface area is 217 Å². The fourth-order valence-corrected chi connectivity index (χ4v) is 6.03. The number of anilines is 1. The molecule has 0 spiro atoms. The predicted molar refractivity (Wildman–Crippen MR) is 140 cm³/mol. The first-order valence-corrected chi connectivity index (χ1v) is 13.3. The second-order valence-electron chi connectivity index (χ2n) is 11.1. The van der Waals surface area contributed by atoms with Crippen LogP contribution < -0.4 is 10.6 Å². The third-order valence-electron chi connectivity index (χ3n) is 8.21. The quantitative estimate of drug-likeness (QED) is 0.372. The topological polar surface area (TPSA) is 100 Å². The molecule has 0 atom stereocenters. The lowest BCUT2D eigenvalue weighted by molar-refractivity contribution is -0.119. The molecule has 1 heterocycles. The number of hydrogen-bond donors (Lipinski definition) is 3. The molecular formula is C29H38FN3O4. The van der Waals surface area contributed by atoms with E-state index in [2.05, 4.69) is 10.6 Å². The largest absolute Gasteiger partial charge is 0.393 e. The highest BCUT2D eigenvalue weighted by atomic mass is 19.1. The molecule has 2 amide bonds. The summed E-state index contributed by atoms with van der Waals surface area (Å²) in [5.41, 5.74) is 2.22. The van der Waals surface area contributed by atoms with Gasteiger partial charge in [0.05, 0.1) is 17.4 Å². The molecule has 3 N–H and O–H groups in total. The smallest absolute Gasteiger partial charge is 0.294 e. The Balaban J connectivity index is 1.68. The zero-order valence-electron chi connectivity index (χ0n) is 22.2. The minimum atomic E-state index is -0.695. The van der Waals surface area contributed by atoms with Crippen LogP contribution in [0.5, 0.6) is 0 Å². The SMILES string of the molecule is Cc1cc(NC(=O)c2c(C)c(C(=O)C(=O)N[C@]3(C)CC[C@H](O)CC3)n(C)c2C2CCCCC2)ccc1F. The number of hydrogen-bond acceptors (Lipinski definition) is 4. The molecule has 2 aliphatic carbocycles. The van der Waals surface area contributed by atoms with E-state index in [1.165, 1.54) is 12.1 Å². The van der Waals surface area contributed by atoms with Gasteiger partial charge in [-0.05, 0) is 88.6 Å². The van der Waals surface area contributed by atoms with Crippen LogP contribution >= 0.6 is 0 Å². The Morgan fingerprint density at radius 1 is 1.05 bits per heavy atom. The lowest BCUT2D eigenvalue weighted by Crippen LogP contribution is -2.51. The number of aliphatic hydroxyl groups excluding tert-OH is 1. The van der Waals surface area contributed by atoms with Gasteiger partial charge in [0.2, 0.25) is 0 Å². The second-order valence-corrected chi connectivity index (χ2v) is 11.1. The number of nitrogens with zero attached hydrogens (tertiary/aromatic N) is 1. The summed E-state index contributed by atoms with van der Waals surface area (Å²) in [4.78, 5) is 40.3. The number of rotatable bonds is 6. The van der Waals surface area contributed by atoms with Crippen molar-refractivity contribution in [1.29, 1.82) is 0 Å². The third-order valence-corrected chi connectivity index (χ3v) is 8.21. The summed E-state index contributed by atoms with van der Waals surface area (Å²) >= 11 is 0. The summed E-state index contributed by atoms with van der Waals surface area (Å²) in [6, 6.07) is 4.40. The fourth-order valence-electron chi connectivity index (χ4n) is 6.03. The number of nitrogens with one attached hydrogen (secondary N) is 2. The maximum Gasteiger partial charge on any atom is 0.294 e. The molecule has 2 saturated carbocycles. The van der Waals surface area contributed by atoms with Gasteiger partial charge in [-0.1, -0.05) is 19.3 Å². The molecular weight excluding hydrogens is 473 g/mol. The number of Topliss-reactive ketones (excluding diaryl/α,β-unsaturated/α-hetero) is 1. The number of aromatic nitrogens is 1. The molecule has 2 aliphatic rings. The number of benzene rings is 1. The summed E-state index contributed by atoms with van der Waals surface area (Å²) in [5.74, 6) is -1.97. The van der Waals surface area contributed by atoms with E-state index in [0.29, 0.717) is 48.1 Å². The van der Waals surface area contributed by atoms with E-state index in [9.17, 15) is 23.9 Å². The number of aryl methyl sites for hydroxylation is 1. The summed E-state index contributed by atoms with van der Waals surface area (Å²) in [6.45, 7) is 5.25. The molecule has 0 radical (unpaired) electrons. The number of carbonyl (C=O) groups is 3. The monoisotopic (exact) mass is 511 g/mol. The van der Waals surface area contributed by atoms with Crippen LogP contribution in [0.3, 0.4) is 0 Å². The molecule has 1 aromatic heterocycles. The van der Waals surface area contributed by atoms with Crippen LogP contribution in [0.1, 0.15) is 108 Å². The van der Waals surface area contributed by atoms with Crippen LogP contribution in [-0.4, -0.2) is 38.9 Å². The molecule has 2 fully saturated rings. The van der Waals surface area contributed by atoms with Crippen molar-refractivity contribution in [2.75, 3.05) is 5.32 Å². The minimum Gasteiger partial charge on any atom is -0.393 e. The van der Waals surface area contributed by atoms with Gasteiger partial charge < -0.3 is 20.3 Å². The standard InChI is InChI=1S/C29H38FN3O4/c1-17-16-20(10-11-22(17)30)31-27(36)23-18(2)24(33(4)25(23)19-8-6-5-7-9-19)26(35)28(37)32-29(3)14-12-21(34)13-15-29/h10-11,16,19,21,34H,5-9,12-15H2,1-4H3,(H,31,36)(H,32,37)/t21-,29+. The van der Waals surface area contributed by atoms with E-state index in [1.54, 1.807) is 31.5 Å². The molecule has 4 rings (SSSR count). The first-order valence-electron chi connectivity index (χ1n) is 13.3. The first-order chi connectivity index (χ1) is 17.5. The number of carbonyl (C=O) groups excluding carboxylic acids is 3. The molecule has 2 aromatic rings. The van der Waals surface area contributed by atoms with E-state index in [-0.39, 0.29) is 29.4 Å². The molecule has 7 nitrogen and oxygen atoms in total. The van der Waals surface area contributed by atoms with Gasteiger partial charge in [-0.15, -0.1) is 0 Å². The van der Waals surface area contributed by atoms with Gasteiger partial charge >= 0.3 is 0 Å².